The average molecular weight is 338 g/mol. The fourth-order valence-electron chi connectivity index (χ4n) is 2.34. The summed E-state index contributed by atoms with van der Waals surface area (Å²) < 4.78 is 0.984. The number of halogens is 1. The number of aromatic nitrogens is 1. The largest absolute Gasteiger partial charge is 0.396 e. The predicted molar refractivity (Wildman–Crippen MR) is 88.0 cm³/mol. The number of pyridine rings is 1. The molecule has 0 atom stereocenters. The second-order valence-corrected chi connectivity index (χ2v) is 6.47. The standard InChI is InChI=1S/C15H20BrN3O/c1-4-19(9-15(2,3)20)14-11-7-10(16)5-6-13(11)18-8-12(14)17/h5-8,20H,4,9,17H2,1-3H3. The van der Waals surface area contributed by atoms with Gasteiger partial charge < -0.3 is 15.7 Å². The number of nitrogens with zero attached hydrogens (tertiary/aromatic N) is 2. The molecular weight excluding hydrogens is 318 g/mol. The van der Waals surface area contributed by atoms with Gasteiger partial charge in [-0.2, -0.15) is 0 Å². The van der Waals surface area contributed by atoms with Crippen molar-refractivity contribution in [1.82, 2.24) is 4.98 Å². The Balaban J connectivity index is 2.61. The molecular formula is C15H20BrN3O. The summed E-state index contributed by atoms with van der Waals surface area (Å²) in [5.74, 6) is 0. The lowest BCUT2D eigenvalue weighted by Crippen LogP contribution is -2.39. The first-order chi connectivity index (χ1) is 9.31. The number of nitrogen functional groups attached to an aromatic ring is 1. The SMILES string of the molecule is CCN(CC(C)(C)O)c1c(N)cnc2ccc(Br)cc12. The van der Waals surface area contributed by atoms with E-state index < -0.39 is 5.60 Å². The highest BCUT2D eigenvalue weighted by Gasteiger charge is 2.21. The molecule has 0 unspecified atom stereocenters. The lowest BCUT2D eigenvalue weighted by Gasteiger charge is -2.31. The van der Waals surface area contributed by atoms with Crippen LogP contribution in [0.5, 0.6) is 0 Å². The summed E-state index contributed by atoms with van der Waals surface area (Å²) in [6.07, 6.45) is 1.68. The van der Waals surface area contributed by atoms with Crippen LogP contribution in [0.3, 0.4) is 0 Å². The van der Waals surface area contributed by atoms with Crippen molar-refractivity contribution in [2.45, 2.75) is 26.4 Å². The van der Waals surface area contributed by atoms with Crippen molar-refractivity contribution in [3.05, 3.63) is 28.9 Å². The molecule has 2 aromatic rings. The zero-order chi connectivity index (χ0) is 14.9. The van der Waals surface area contributed by atoms with E-state index in [2.05, 4.69) is 32.7 Å². The van der Waals surface area contributed by atoms with E-state index in [1.165, 1.54) is 0 Å². The number of likely N-dealkylation sites (N-methyl/N-ethyl adjacent to an activating group) is 1. The first kappa shape index (κ1) is 15.1. The molecule has 1 aromatic carbocycles. The molecule has 0 aliphatic rings. The molecule has 5 heteroatoms. The van der Waals surface area contributed by atoms with Crippen molar-refractivity contribution in [2.75, 3.05) is 23.7 Å². The third-order valence-corrected chi connectivity index (χ3v) is 3.60. The van der Waals surface area contributed by atoms with Gasteiger partial charge in [0.15, 0.2) is 0 Å². The summed E-state index contributed by atoms with van der Waals surface area (Å²) >= 11 is 3.49. The Morgan fingerprint density at radius 1 is 1.40 bits per heavy atom. The first-order valence-corrected chi connectivity index (χ1v) is 7.42. The molecule has 4 nitrogen and oxygen atoms in total. The van der Waals surface area contributed by atoms with Crippen molar-refractivity contribution in [3.8, 4) is 0 Å². The van der Waals surface area contributed by atoms with E-state index in [1.54, 1.807) is 20.0 Å². The highest BCUT2D eigenvalue weighted by Crippen LogP contribution is 2.33. The van der Waals surface area contributed by atoms with Crippen LogP contribution >= 0.6 is 15.9 Å². The van der Waals surface area contributed by atoms with Crippen molar-refractivity contribution in [3.63, 3.8) is 0 Å². The molecule has 0 spiro atoms. The van der Waals surface area contributed by atoms with E-state index in [9.17, 15) is 5.11 Å². The zero-order valence-electron chi connectivity index (χ0n) is 12.0. The van der Waals surface area contributed by atoms with Crippen LogP contribution in [0, 0.1) is 0 Å². The Labute approximate surface area is 127 Å². The van der Waals surface area contributed by atoms with Gasteiger partial charge in [0.2, 0.25) is 0 Å². The molecule has 0 aliphatic carbocycles. The smallest absolute Gasteiger partial charge is 0.0765 e. The predicted octanol–water partition coefficient (Wildman–Crippen LogP) is 3.18. The number of benzene rings is 1. The van der Waals surface area contributed by atoms with Gasteiger partial charge in [0.25, 0.3) is 0 Å². The molecule has 0 fully saturated rings. The van der Waals surface area contributed by atoms with Gasteiger partial charge in [-0.05, 0) is 39.0 Å². The van der Waals surface area contributed by atoms with Crippen LogP contribution in [0.25, 0.3) is 10.9 Å². The molecule has 0 aliphatic heterocycles. The van der Waals surface area contributed by atoms with Crippen LogP contribution in [-0.4, -0.2) is 28.8 Å². The molecule has 0 saturated carbocycles. The summed E-state index contributed by atoms with van der Waals surface area (Å²) in [4.78, 5) is 6.45. The van der Waals surface area contributed by atoms with Gasteiger partial charge in [-0.25, -0.2) is 0 Å². The van der Waals surface area contributed by atoms with Crippen LogP contribution in [0.2, 0.25) is 0 Å². The zero-order valence-corrected chi connectivity index (χ0v) is 13.6. The lowest BCUT2D eigenvalue weighted by molar-refractivity contribution is 0.0877. The first-order valence-electron chi connectivity index (χ1n) is 6.63. The number of anilines is 2. The van der Waals surface area contributed by atoms with Gasteiger partial charge in [0, 0.05) is 22.9 Å². The fourth-order valence-corrected chi connectivity index (χ4v) is 2.70. The number of fused-ring (bicyclic) bond motifs is 1. The topological polar surface area (TPSA) is 62.4 Å². The molecule has 0 amide bonds. The lowest BCUT2D eigenvalue weighted by atomic mass is 10.1. The van der Waals surface area contributed by atoms with Crippen LogP contribution in [-0.2, 0) is 0 Å². The maximum atomic E-state index is 10.1. The molecule has 2 rings (SSSR count). The summed E-state index contributed by atoms with van der Waals surface area (Å²) in [5, 5.41) is 11.1. The third-order valence-electron chi connectivity index (χ3n) is 3.11. The number of aliphatic hydroxyl groups is 1. The maximum Gasteiger partial charge on any atom is 0.0765 e. The summed E-state index contributed by atoms with van der Waals surface area (Å²) in [5.41, 5.74) is 7.80. The van der Waals surface area contributed by atoms with Gasteiger partial charge in [-0.1, -0.05) is 15.9 Å². The number of hydrogen-bond donors (Lipinski definition) is 2. The molecule has 1 heterocycles. The maximum absolute atomic E-state index is 10.1. The van der Waals surface area contributed by atoms with E-state index in [0.717, 1.165) is 27.6 Å². The molecule has 20 heavy (non-hydrogen) atoms. The van der Waals surface area contributed by atoms with Gasteiger partial charge in [-0.3, -0.25) is 4.98 Å². The molecule has 0 bridgehead atoms. The van der Waals surface area contributed by atoms with Crippen LogP contribution in [0.1, 0.15) is 20.8 Å². The Bertz CT molecular complexity index is 617. The van der Waals surface area contributed by atoms with Gasteiger partial charge >= 0.3 is 0 Å². The normalized spacial score (nSPS) is 11.8. The Morgan fingerprint density at radius 2 is 2.10 bits per heavy atom. The van der Waals surface area contributed by atoms with E-state index >= 15 is 0 Å². The quantitative estimate of drug-likeness (QED) is 0.899. The van der Waals surface area contributed by atoms with Crippen molar-refractivity contribution in [1.29, 1.82) is 0 Å². The molecule has 0 saturated heterocycles. The molecule has 3 N–H and O–H groups in total. The average Bonchev–Trinajstić information content (AvgIpc) is 2.35. The van der Waals surface area contributed by atoms with Crippen LogP contribution in [0.15, 0.2) is 28.9 Å². The Hall–Kier alpha value is -1.33. The highest BCUT2D eigenvalue weighted by atomic mass is 79.9. The third kappa shape index (κ3) is 3.22. The van der Waals surface area contributed by atoms with Gasteiger partial charge in [0.1, 0.15) is 0 Å². The Kier molecular flexibility index (Phi) is 4.20. The summed E-state index contributed by atoms with van der Waals surface area (Å²) in [6.45, 7) is 6.92. The minimum absolute atomic E-state index is 0.513. The van der Waals surface area contributed by atoms with E-state index in [-0.39, 0.29) is 0 Å². The van der Waals surface area contributed by atoms with Crippen LogP contribution < -0.4 is 10.6 Å². The van der Waals surface area contributed by atoms with Crippen molar-refractivity contribution >= 4 is 38.2 Å². The molecule has 0 radical (unpaired) electrons. The van der Waals surface area contributed by atoms with E-state index in [1.807, 2.05) is 18.2 Å². The number of nitrogens with two attached hydrogens (primary N) is 1. The van der Waals surface area contributed by atoms with E-state index in [0.29, 0.717) is 12.2 Å². The van der Waals surface area contributed by atoms with Crippen molar-refractivity contribution in [2.24, 2.45) is 0 Å². The van der Waals surface area contributed by atoms with Crippen LogP contribution in [0.4, 0.5) is 11.4 Å². The van der Waals surface area contributed by atoms with Gasteiger partial charge in [-0.15, -0.1) is 0 Å². The Morgan fingerprint density at radius 3 is 2.70 bits per heavy atom. The van der Waals surface area contributed by atoms with Crippen molar-refractivity contribution < 1.29 is 5.11 Å². The summed E-state index contributed by atoms with van der Waals surface area (Å²) in [6, 6.07) is 5.93. The number of hydrogen-bond acceptors (Lipinski definition) is 4. The fraction of sp³-hybridized carbons (Fsp3) is 0.400. The highest BCUT2D eigenvalue weighted by molar-refractivity contribution is 9.10. The van der Waals surface area contributed by atoms with Gasteiger partial charge in [0.05, 0.1) is 28.7 Å². The minimum atomic E-state index is -0.788. The summed E-state index contributed by atoms with van der Waals surface area (Å²) in [7, 11) is 0. The number of rotatable bonds is 4. The molecule has 108 valence electrons. The minimum Gasteiger partial charge on any atom is -0.396 e. The second-order valence-electron chi connectivity index (χ2n) is 5.55. The second kappa shape index (κ2) is 5.58. The van der Waals surface area contributed by atoms with E-state index in [4.69, 9.17) is 5.73 Å². The monoisotopic (exact) mass is 337 g/mol. The molecule has 1 aromatic heterocycles.